The van der Waals surface area contributed by atoms with Crippen LogP contribution in [0.15, 0.2) is 6.07 Å². The molecule has 3 nitrogen and oxygen atoms in total. The van der Waals surface area contributed by atoms with Gasteiger partial charge in [0.25, 0.3) is 0 Å². The fourth-order valence-corrected chi connectivity index (χ4v) is 1.15. The van der Waals surface area contributed by atoms with Crippen molar-refractivity contribution in [3.8, 4) is 11.8 Å². The summed E-state index contributed by atoms with van der Waals surface area (Å²) in [5.41, 5.74) is -0.987. The number of alkyl halides is 4. The zero-order valence-corrected chi connectivity index (χ0v) is 8.18. The molecule has 1 aromatic rings. The maximum atomic E-state index is 12.9. The average molecular weight is 252 g/mol. The molecule has 0 bridgehead atoms. The highest BCUT2D eigenvalue weighted by molar-refractivity contribution is 5.37. The second-order valence-electron chi connectivity index (χ2n) is 2.88. The van der Waals surface area contributed by atoms with E-state index in [1.54, 1.807) is 6.07 Å². The van der Waals surface area contributed by atoms with Gasteiger partial charge in [0.1, 0.15) is 12.4 Å². The number of nitriles is 1. The molecule has 0 fully saturated rings. The van der Waals surface area contributed by atoms with Gasteiger partial charge in [-0.15, -0.1) is 13.2 Å². The Bertz CT molecular complexity index is 452. The van der Waals surface area contributed by atoms with Crippen molar-refractivity contribution in [2.45, 2.75) is 19.5 Å². The summed E-state index contributed by atoms with van der Waals surface area (Å²) in [4.78, 5) is 3.15. The van der Waals surface area contributed by atoms with Gasteiger partial charge in [0.05, 0.1) is 18.2 Å². The SMILES string of the molecule is N#CCc1nc(F)cc(OC(F)(F)F)c1CF. The zero-order chi connectivity index (χ0) is 13.1. The molecule has 0 spiro atoms. The Morgan fingerprint density at radius 2 is 2.06 bits per heavy atom. The lowest BCUT2D eigenvalue weighted by molar-refractivity contribution is -0.275. The molecule has 0 radical (unpaired) electrons. The lowest BCUT2D eigenvalue weighted by atomic mass is 10.1. The van der Waals surface area contributed by atoms with E-state index in [0.717, 1.165) is 0 Å². The van der Waals surface area contributed by atoms with Crippen LogP contribution in [0.4, 0.5) is 22.0 Å². The predicted molar refractivity (Wildman–Crippen MR) is 45.0 cm³/mol. The van der Waals surface area contributed by atoms with E-state index >= 15 is 0 Å². The second kappa shape index (κ2) is 4.95. The Hall–Kier alpha value is -1.91. The summed E-state index contributed by atoms with van der Waals surface area (Å²) < 4.78 is 64.7. The second-order valence-corrected chi connectivity index (χ2v) is 2.88. The van der Waals surface area contributed by atoms with Crippen molar-refractivity contribution >= 4 is 0 Å². The smallest absolute Gasteiger partial charge is 0.405 e. The Morgan fingerprint density at radius 1 is 1.41 bits per heavy atom. The first-order valence-corrected chi connectivity index (χ1v) is 4.24. The topological polar surface area (TPSA) is 45.9 Å². The highest BCUT2D eigenvalue weighted by Crippen LogP contribution is 2.29. The molecule has 1 heterocycles. The molecule has 0 aliphatic carbocycles. The number of pyridine rings is 1. The van der Waals surface area contributed by atoms with Crippen LogP contribution in [0.1, 0.15) is 11.3 Å². The number of hydrogen-bond donors (Lipinski definition) is 0. The molecule has 0 saturated heterocycles. The first kappa shape index (κ1) is 13.2. The minimum atomic E-state index is -5.07. The summed E-state index contributed by atoms with van der Waals surface area (Å²) >= 11 is 0. The first-order valence-electron chi connectivity index (χ1n) is 4.24. The number of ether oxygens (including phenoxy) is 1. The molecular formula is C9H5F5N2O. The molecule has 0 aromatic carbocycles. The molecule has 0 atom stereocenters. The van der Waals surface area contributed by atoms with Gasteiger partial charge in [-0.2, -0.15) is 9.65 Å². The quantitative estimate of drug-likeness (QED) is 0.613. The molecule has 1 rings (SSSR count). The minimum absolute atomic E-state index is 0.323. The van der Waals surface area contributed by atoms with Crippen molar-refractivity contribution in [2.24, 2.45) is 0 Å². The van der Waals surface area contributed by atoms with Gasteiger partial charge >= 0.3 is 6.36 Å². The highest BCUT2D eigenvalue weighted by Gasteiger charge is 2.33. The molecule has 0 unspecified atom stereocenters. The summed E-state index contributed by atoms with van der Waals surface area (Å²) in [6.45, 7) is -1.34. The van der Waals surface area contributed by atoms with Crippen LogP contribution in [-0.2, 0) is 13.1 Å². The maximum absolute atomic E-state index is 12.9. The van der Waals surface area contributed by atoms with Gasteiger partial charge in [-0.1, -0.05) is 0 Å². The normalized spacial score (nSPS) is 11.1. The fraction of sp³-hybridized carbons (Fsp3) is 0.333. The molecule has 1 aromatic heterocycles. The van der Waals surface area contributed by atoms with Gasteiger partial charge in [0, 0.05) is 11.6 Å². The van der Waals surface area contributed by atoms with Crippen LogP contribution in [0.3, 0.4) is 0 Å². The van der Waals surface area contributed by atoms with Crippen LogP contribution < -0.4 is 4.74 Å². The molecule has 0 saturated carbocycles. The van der Waals surface area contributed by atoms with E-state index < -0.39 is 42.4 Å². The molecule has 8 heteroatoms. The minimum Gasteiger partial charge on any atom is -0.405 e. The van der Waals surface area contributed by atoms with Crippen LogP contribution in [0.5, 0.6) is 5.75 Å². The van der Waals surface area contributed by atoms with E-state index in [-0.39, 0.29) is 0 Å². The van der Waals surface area contributed by atoms with E-state index in [0.29, 0.717) is 6.07 Å². The van der Waals surface area contributed by atoms with Gasteiger partial charge in [-0.25, -0.2) is 9.37 Å². The van der Waals surface area contributed by atoms with Crippen LogP contribution in [-0.4, -0.2) is 11.3 Å². The molecule has 0 N–H and O–H groups in total. The van der Waals surface area contributed by atoms with Gasteiger partial charge in [-0.3, -0.25) is 0 Å². The summed E-state index contributed by atoms with van der Waals surface area (Å²) in [5, 5.41) is 8.36. The number of hydrogen-bond acceptors (Lipinski definition) is 3. The Kier molecular flexibility index (Phi) is 3.83. The van der Waals surface area contributed by atoms with E-state index in [9.17, 15) is 22.0 Å². The summed E-state index contributed by atoms with van der Waals surface area (Å²) in [7, 11) is 0. The van der Waals surface area contributed by atoms with Crippen LogP contribution >= 0.6 is 0 Å². The molecule has 17 heavy (non-hydrogen) atoms. The third-order valence-corrected chi connectivity index (χ3v) is 1.74. The van der Waals surface area contributed by atoms with Crippen molar-refractivity contribution in [3.05, 3.63) is 23.3 Å². The number of rotatable bonds is 3. The van der Waals surface area contributed by atoms with Crippen LogP contribution in [0.2, 0.25) is 0 Å². The Balaban J connectivity index is 3.24. The van der Waals surface area contributed by atoms with Crippen LogP contribution in [0, 0.1) is 17.3 Å². The Morgan fingerprint density at radius 3 is 2.53 bits per heavy atom. The van der Waals surface area contributed by atoms with Gasteiger partial charge in [-0.05, 0) is 0 Å². The lowest BCUT2D eigenvalue weighted by Crippen LogP contribution is -2.19. The first-order chi connectivity index (χ1) is 7.87. The van der Waals surface area contributed by atoms with E-state index in [4.69, 9.17) is 5.26 Å². The van der Waals surface area contributed by atoms with Gasteiger partial charge in [0.2, 0.25) is 5.95 Å². The zero-order valence-electron chi connectivity index (χ0n) is 8.18. The van der Waals surface area contributed by atoms with Crippen molar-refractivity contribution in [1.82, 2.24) is 4.98 Å². The lowest BCUT2D eigenvalue weighted by Gasteiger charge is -2.13. The highest BCUT2D eigenvalue weighted by atomic mass is 19.4. The largest absolute Gasteiger partial charge is 0.573 e. The third-order valence-electron chi connectivity index (χ3n) is 1.74. The van der Waals surface area contributed by atoms with Crippen molar-refractivity contribution < 1.29 is 26.7 Å². The maximum Gasteiger partial charge on any atom is 0.573 e. The monoisotopic (exact) mass is 252 g/mol. The standard InChI is InChI=1S/C9H5F5N2O/c10-4-5-6(1-2-15)16-8(11)3-7(5)17-9(12,13)14/h3H,1,4H2. The average Bonchev–Trinajstić information content (AvgIpc) is 2.15. The third kappa shape index (κ3) is 3.55. The van der Waals surface area contributed by atoms with Gasteiger partial charge < -0.3 is 4.74 Å². The Labute approximate surface area is 92.4 Å². The van der Waals surface area contributed by atoms with E-state index in [1.165, 1.54) is 0 Å². The predicted octanol–water partition coefficient (Wildman–Crippen LogP) is 2.65. The summed E-state index contributed by atoms with van der Waals surface area (Å²) in [6.07, 6.45) is -5.58. The summed E-state index contributed by atoms with van der Waals surface area (Å²) in [6, 6.07) is 1.87. The number of nitrogens with zero attached hydrogens (tertiary/aromatic N) is 2. The summed E-state index contributed by atoms with van der Waals surface area (Å²) in [5.74, 6) is -2.29. The molecule has 92 valence electrons. The molecule has 0 amide bonds. The number of halogens is 5. The van der Waals surface area contributed by atoms with Crippen molar-refractivity contribution in [1.29, 1.82) is 5.26 Å². The van der Waals surface area contributed by atoms with Crippen molar-refractivity contribution in [3.63, 3.8) is 0 Å². The van der Waals surface area contributed by atoms with Crippen LogP contribution in [0.25, 0.3) is 0 Å². The van der Waals surface area contributed by atoms with Crippen molar-refractivity contribution in [2.75, 3.05) is 0 Å². The number of aromatic nitrogens is 1. The van der Waals surface area contributed by atoms with Gasteiger partial charge in [0.15, 0.2) is 0 Å². The molecule has 0 aliphatic rings. The van der Waals surface area contributed by atoms with E-state index in [1.807, 2.05) is 0 Å². The molecular weight excluding hydrogens is 247 g/mol. The fourth-order valence-electron chi connectivity index (χ4n) is 1.15. The molecule has 0 aliphatic heterocycles. The van der Waals surface area contributed by atoms with E-state index in [2.05, 4.69) is 9.72 Å².